The Morgan fingerprint density at radius 2 is 1.91 bits per heavy atom. The molecular weight excluding hydrogens is 416 g/mol. The number of nitrogens with one attached hydrogen (secondary N) is 2. The standard InChI is InChI=1S/C24H29F2N3O3/c1-29-13-16-10-18(27-23(30)28-20-12-17(25)5-6-19(20)26)8-9-24(16,14-29)15-4-7-21(31-2)22(11-15)32-3/h4-7,11-12,16,18H,8-10,13-14H2,1-3H3,(H2,27,28,30)/t16-,18+,24-/m1/s1. The number of urea groups is 1. The highest BCUT2D eigenvalue weighted by Crippen LogP contribution is 2.49. The lowest BCUT2D eigenvalue weighted by atomic mass is 9.63. The molecule has 1 saturated carbocycles. The summed E-state index contributed by atoms with van der Waals surface area (Å²) in [5.41, 5.74) is 1.02. The van der Waals surface area contributed by atoms with Gasteiger partial charge in [-0.15, -0.1) is 0 Å². The summed E-state index contributed by atoms with van der Waals surface area (Å²) in [7, 11) is 5.38. The van der Waals surface area contributed by atoms with Crippen LogP contribution in [-0.2, 0) is 5.41 Å². The fourth-order valence-electron chi connectivity index (χ4n) is 5.39. The Morgan fingerprint density at radius 3 is 2.66 bits per heavy atom. The predicted molar refractivity (Wildman–Crippen MR) is 118 cm³/mol. The van der Waals surface area contributed by atoms with E-state index in [0.29, 0.717) is 17.4 Å². The lowest BCUT2D eigenvalue weighted by Gasteiger charge is -2.42. The highest BCUT2D eigenvalue weighted by molar-refractivity contribution is 5.89. The minimum Gasteiger partial charge on any atom is -0.493 e. The van der Waals surface area contributed by atoms with E-state index >= 15 is 0 Å². The van der Waals surface area contributed by atoms with Gasteiger partial charge < -0.3 is 25.0 Å². The van der Waals surface area contributed by atoms with Crippen molar-refractivity contribution in [3.8, 4) is 11.5 Å². The van der Waals surface area contributed by atoms with Crippen molar-refractivity contribution in [2.75, 3.05) is 39.7 Å². The molecule has 32 heavy (non-hydrogen) atoms. The van der Waals surface area contributed by atoms with Gasteiger partial charge in [0, 0.05) is 30.6 Å². The molecule has 172 valence electrons. The van der Waals surface area contributed by atoms with Crippen molar-refractivity contribution in [1.82, 2.24) is 10.2 Å². The highest BCUT2D eigenvalue weighted by Gasteiger charge is 2.50. The largest absolute Gasteiger partial charge is 0.493 e. The third-order valence-corrected chi connectivity index (χ3v) is 6.84. The van der Waals surface area contributed by atoms with E-state index in [9.17, 15) is 13.6 Å². The molecule has 6 nitrogen and oxygen atoms in total. The normalized spacial score (nSPS) is 25.2. The molecule has 1 aliphatic heterocycles. The van der Waals surface area contributed by atoms with Gasteiger partial charge in [0.2, 0.25) is 0 Å². The molecule has 3 atom stereocenters. The van der Waals surface area contributed by atoms with Crippen LogP contribution in [0.15, 0.2) is 36.4 Å². The lowest BCUT2D eigenvalue weighted by Crippen LogP contribution is -2.48. The maximum atomic E-state index is 13.8. The fraction of sp³-hybridized carbons (Fsp3) is 0.458. The Labute approximate surface area is 186 Å². The second-order valence-corrected chi connectivity index (χ2v) is 8.81. The first-order chi connectivity index (χ1) is 15.3. The number of rotatable bonds is 5. The van der Waals surface area contributed by atoms with Gasteiger partial charge in [0.05, 0.1) is 19.9 Å². The molecule has 0 radical (unpaired) electrons. The van der Waals surface area contributed by atoms with Crippen LogP contribution in [0.1, 0.15) is 24.8 Å². The van der Waals surface area contributed by atoms with Gasteiger partial charge in [0.15, 0.2) is 11.5 Å². The van der Waals surface area contributed by atoms with Gasteiger partial charge >= 0.3 is 6.03 Å². The molecule has 0 aromatic heterocycles. The van der Waals surface area contributed by atoms with E-state index in [1.807, 2.05) is 6.07 Å². The number of halogens is 2. The SMILES string of the molecule is COc1ccc([C@]23CC[C@H](NC(=O)Nc4cc(F)ccc4F)C[C@@H]2CN(C)C3)cc1OC. The molecule has 0 unspecified atom stereocenters. The second-order valence-electron chi connectivity index (χ2n) is 8.81. The Hall–Kier alpha value is -2.87. The first kappa shape index (κ1) is 22.3. The summed E-state index contributed by atoms with van der Waals surface area (Å²) in [4.78, 5) is 14.8. The number of likely N-dealkylation sites (N-methyl/N-ethyl adjacent to an activating group) is 1. The number of ether oxygens (including phenoxy) is 2. The zero-order valence-electron chi connectivity index (χ0n) is 18.6. The van der Waals surface area contributed by atoms with Crippen molar-refractivity contribution < 1.29 is 23.0 Å². The Kier molecular flexibility index (Phi) is 6.24. The number of anilines is 1. The molecule has 2 aromatic carbocycles. The molecule has 2 aliphatic rings. The first-order valence-electron chi connectivity index (χ1n) is 10.8. The van der Waals surface area contributed by atoms with E-state index in [4.69, 9.17) is 9.47 Å². The van der Waals surface area contributed by atoms with Crippen LogP contribution in [0.25, 0.3) is 0 Å². The molecular formula is C24H29F2N3O3. The van der Waals surface area contributed by atoms with E-state index in [2.05, 4.69) is 34.7 Å². The summed E-state index contributed by atoms with van der Waals surface area (Å²) in [5.74, 6) is 0.482. The summed E-state index contributed by atoms with van der Waals surface area (Å²) in [6.45, 7) is 1.85. The quantitative estimate of drug-likeness (QED) is 0.726. The predicted octanol–water partition coefficient (Wildman–Crippen LogP) is 4.16. The summed E-state index contributed by atoms with van der Waals surface area (Å²) < 4.78 is 38.2. The number of likely N-dealkylation sites (tertiary alicyclic amines) is 1. The zero-order chi connectivity index (χ0) is 22.9. The van der Waals surface area contributed by atoms with Crippen molar-refractivity contribution in [1.29, 1.82) is 0 Å². The highest BCUT2D eigenvalue weighted by atomic mass is 19.1. The molecule has 1 heterocycles. The topological polar surface area (TPSA) is 62.8 Å². The minimum absolute atomic E-state index is 0.0301. The maximum Gasteiger partial charge on any atom is 0.319 e. The first-order valence-corrected chi connectivity index (χ1v) is 10.8. The van der Waals surface area contributed by atoms with Gasteiger partial charge in [-0.25, -0.2) is 13.6 Å². The molecule has 1 saturated heterocycles. The molecule has 2 aromatic rings. The number of methoxy groups -OCH3 is 2. The van der Waals surface area contributed by atoms with Crippen molar-refractivity contribution >= 4 is 11.7 Å². The van der Waals surface area contributed by atoms with Crippen molar-refractivity contribution in [2.45, 2.75) is 30.7 Å². The summed E-state index contributed by atoms with van der Waals surface area (Å²) in [6, 6.07) is 8.55. The van der Waals surface area contributed by atoms with E-state index in [1.54, 1.807) is 14.2 Å². The third-order valence-electron chi connectivity index (χ3n) is 6.84. The summed E-state index contributed by atoms with van der Waals surface area (Å²) in [6.07, 6.45) is 2.49. The van der Waals surface area contributed by atoms with Crippen LogP contribution in [0.3, 0.4) is 0 Å². The van der Waals surface area contributed by atoms with Crippen LogP contribution < -0.4 is 20.1 Å². The Morgan fingerprint density at radius 1 is 1.12 bits per heavy atom. The molecule has 4 rings (SSSR count). The van der Waals surface area contributed by atoms with E-state index in [-0.39, 0.29) is 17.1 Å². The van der Waals surface area contributed by atoms with Gasteiger partial charge in [-0.3, -0.25) is 0 Å². The molecule has 0 spiro atoms. The summed E-state index contributed by atoms with van der Waals surface area (Å²) >= 11 is 0. The number of hydrogen-bond acceptors (Lipinski definition) is 4. The third kappa shape index (κ3) is 4.24. The monoisotopic (exact) mass is 445 g/mol. The van der Waals surface area contributed by atoms with Gasteiger partial charge in [0.25, 0.3) is 0 Å². The minimum atomic E-state index is -0.671. The van der Waals surface area contributed by atoms with Crippen LogP contribution in [0.2, 0.25) is 0 Å². The number of benzene rings is 2. The number of carbonyl (C=O) groups excluding carboxylic acids is 1. The Balaban J connectivity index is 1.48. The lowest BCUT2D eigenvalue weighted by molar-refractivity contribution is 0.197. The fourth-order valence-corrected chi connectivity index (χ4v) is 5.39. The van der Waals surface area contributed by atoms with Crippen LogP contribution >= 0.6 is 0 Å². The zero-order valence-corrected chi connectivity index (χ0v) is 18.6. The molecule has 2 N–H and O–H groups in total. The van der Waals surface area contributed by atoms with Crippen LogP contribution in [0.4, 0.5) is 19.3 Å². The average Bonchev–Trinajstić information content (AvgIpc) is 3.12. The smallest absolute Gasteiger partial charge is 0.319 e. The van der Waals surface area contributed by atoms with Gasteiger partial charge in [-0.1, -0.05) is 6.07 Å². The molecule has 1 aliphatic carbocycles. The van der Waals surface area contributed by atoms with E-state index in [0.717, 1.165) is 50.6 Å². The van der Waals surface area contributed by atoms with Gasteiger partial charge in [0.1, 0.15) is 11.6 Å². The van der Waals surface area contributed by atoms with Crippen molar-refractivity contribution in [3.63, 3.8) is 0 Å². The van der Waals surface area contributed by atoms with Crippen molar-refractivity contribution in [3.05, 3.63) is 53.6 Å². The number of amides is 2. The van der Waals surface area contributed by atoms with Gasteiger partial charge in [-0.2, -0.15) is 0 Å². The number of hydrogen-bond donors (Lipinski definition) is 2. The number of nitrogens with zero attached hydrogens (tertiary/aromatic N) is 1. The van der Waals surface area contributed by atoms with Crippen molar-refractivity contribution in [2.24, 2.45) is 5.92 Å². The maximum absolute atomic E-state index is 13.8. The van der Waals surface area contributed by atoms with E-state index in [1.165, 1.54) is 5.56 Å². The summed E-state index contributed by atoms with van der Waals surface area (Å²) in [5, 5.41) is 5.38. The second kappa shape index (κ2) is 8.94. The van der Waals surface area contributed by atoms with Crippen LogP contribution in [0, 0.1) is 17.6 Å². The molecule has 8 heteroatoms. The van der Waals surface area contributed by atoms with Gasteiger partial charge in [-0.05, 0) is 62.1 Å². The van der Waals surface area contributed by atoms with E-state index < -0.39 is 17.7 Å². The molecule has 2 fully saturated rings. The number of carbonyl (C=O) groups is 1. The molecule has 2 amide bonds. The molecule has 0 bridgehead atoms. The average molecular weight is 446 g/mol. The Bertz CT molecular complexity index is 1000. The van der Waals surface area contributed by atoms with Crippen LogP contribution in [0.5, 0.6) is 11.5 Å². The van der Waals surface area contributed by atoms with Crippen LogP contribution in [-0.4, -0.2) is 51.3 Å². The number of fused-ring (bicyclic) bond motifs is 1.